The molecule has 0 aromatic carbocycles. The zero-order chi connectivity index (χ0) is 14.3. The number of rotatable bonds is 8. The molecule has 0 rings (SSSR count). The molecular formula is C9H15NO7P+. The standard InChI is InChI=1S/C9H14NO7P/c1-3-17-18(16)5-4-9(7(12)13,8(14)15)10-6(2)11/h3-5H2,1-2H3,(H2-,10,11,12,13,14,15)/p+1. The summed E-state index contributed by atoms with van der Waals surface area (Å²) in [5.74, 6) is -4.23. The van der Waals surface area contributed by atoms with Gasteiger partial charge in [0.2, 0.25) is 11.4 Å². The Morgan fingerprint density at radius 1 is 1.28 bits per heavy atom. The van der Waals surface area contributed by atoms with Crippen LogP contribution < -0.4 is 5.32 Å². The van der Waals surface area contributed by atoms with Crippen molar-refractivity contribution in [2.75, 3.05) is 12.8 Å². The van der Waals surface area contributed by atoms with Crippen molar-refractivity contribution in [1.82, 2.24) is 5.32 Å². The summed E-state index contributed by atoms with van der Waals surface area (Å²) in [6, 6.07) is 0. The lowest BCUT2D eigenvalue weighted by atomic mass is 9.96. The van der Waals surface area contributed by atoms with Crippen LogP contribution in [0.4, 0.5) is 0 Å². The highest BCUT2D eigenvalue weighted by Crippen LogP contribution is 2.26. The van der Waals surface area contributed by atoms with E-state index in [1.54, 1.807) is 6.92 Å². The molecule has 102 valence electrons. The number of aliphatic carboxylic acids is 2. The molecule has 1 atom stereocenters. The van der Waals surface area contributed by atoms with Gasteiger partial charge in [-0.25, -0.2) is 9.59 Å². The van der Waals surface area contributed by atoms with Gasteiger partial charge >= 0.3 is 20.0 Å². The fourth-order valence-corrected chi connectivity index (χ4v) is 2.18. The predicted octanol–water partition coefficient (Wildman–Crippen LogP) is 0.199. The van der Waals surface area contributed by atoms with Crippen LogP contribution in [0.5, 0.6) is 0 Å². The van der Waals surface area contributed by atoms with Crippen molar-refractivity contribution in [3.63, 3.8) is 0 Å². The van der Waals surface area contributed by atoms with Crippen LogP contribution in [0, 0.1) is 0 Å². The molecule has 3 N–H and O–H groups in total. The highest BCUT2D eigenvalue weighted by atomic mass is 31.1. The van der Waals surface area contributed by atoms with Crippen molar-refractivity contribution in [1.29, 1.82) is 0 Å². The number of carboxylic acids is 2. The Balaban J connectivity index is 4.96. The van der Waals surface area contributed by atoms with E-state index in [9.17, 15) is 18.9 Å². The van der Waals surface area contributed by atoms with Crippen LogP contribution >= 0.6 is 8.03 Å². The molecule has 0 fully saturated rings. The third-order valence-electron chi connectivity index (χ3n) is 2.06. The molecule has 0 aliphatic rings. The van der Waals surface area contributed by atoms with Gasteiger partial charge in [-0.2, -0.15) is 0 Å². The molecule has 18 heavy (non-hydrogen) atoms. The summed E-state index contributed by atoms with van der Waals surface area (Å²) < 4.78 is 16.0. The van der Waals surface area contributed by atoms with Crippen LogP contribution in [0.3, 0.4) is 0 Å². The highest BCUT2D eigenvalue weighted by Gasteiger charge is 2.49. The maximum atomic E-state index is 11.2. The summed E-state index contributed by atoms with van der Waals surface area (Å²) in [4.78, 5) is 33.0. The SMILES string of the molecule is CCO[P+](=O)CCC(NC(C)=O)(C(=O)O)C(=O)O. The van der Waals surface area contributed by atoms with Gasteiger partial charge in [-0.15, -0.1) is 4.52 Å². The molecule has 0 heterocycles. The molecule has 8 nitrogen and oxygen atoms in total. The third-order valence-corrected chi connectivity index (χ3v) is 3.20. The summed E-state index contributed by atoms with van der Waals surface area (Å²) in [5.41, 5.74) is -2.48. The largest absolute Gasteiger partial charge is 0.508 e. The Hall–Kier alpha value is -1.53. The van der Waals surface area contributed by atoms with Crippen molar-refractivity contribution in [2.45, 2.75) is 25.8 Å². The van der Waals surface area contributed by atoms with Crippen molar-refractivity contribution < 1.29 is 33.7 Å². The molecule has 0 radical (unpaired) electrons. The third kappa shape index (κ3) is 4.38. The minimum absolute atomic E-state index is 0.169. The lowest BCUT2D eigenvalue weighted by Crippen LogP contribution is -2.60. The zero-order valence-corrected chi connectivity index (χ0v) is 10.9. The normalized spacial score (nSPS) is 11.8. The lowest BCUT2D eigenvalue weighted by Gasteiger charge is -2.23. The molecule has 0 spiro atoms. The first-order valence-electron chi connectivity index (χ1n) is 5.09. The van der Waals surface area contributed by atoms with Gasteiger partial charge in [0.1, 0.15) is 0 Å². The van der Waals surface area contributed by atoms with Gasteiger partial charge in [0.25, 0.3) is 0 Å². The predicted molar refractivity (Wildman–Crippen MR) is 60.5 cm³/mol. The van der Waals surface area contributed by atoms with E-state index in [4.69, 9.17) is 14.7 Å². The number of hydrogen-bond donors (Lipinski definition) is 3. The minimum atomic E-state index is -2.48. The van der Waals surface area contributed by atoms with Crippen LogP contribution in [0.1, 0.15) is 20.3 Å². The van der Waals surface area contributed by atoms with E-state index in [-0.39, 0.29) is 12.8 Å². The van der Waals surface area contributed by atoms with E-state index < -0.39 is 37.8 Å². The van der Waals surface area contributed by atoms with Crippen LogP contribution in [0.2, 0.25) is 0 Å². The summed E-state index contributed by atoms with van der Waals surface area (Å²) >= 11 is 0. The monoisotopic (exact) mass is 280 g/mol. The van der Waals surface area contributed by atoms with Crippen LogP contribution in [0.25, 0.3) is 0 Å². The second kappa shape index (κ2) is 7.03. The Morgan fingerprint density at radius 2 is 1.78 bits per heavy atom. The number of amides is 1. The maximum Gasteiger partial charge on any atom is 0.508 e. The highest BCUT2D eigenvalue weighted by molar-refractivity contribution is 7.39. The summed E-state index contributed by atoms with van der Waals surface area (Å²) in [5, 5.41) is 19.8. The van der Waals surface area contributed by atoms with Gasteiger partial charge in [0.15, 0.2) is 6.16 Å². The summed E-state index contributed by atoms with van der Waals surface area (Å²) in [6.07, 6.45) is -0.797. The van der Waals surface area contributed by atoms with Gasteiger partial charge in [0, 0.05) is 13.3 Å². The van der Waals surface area contributed by atoms with Crippen LogP contribution in [0.15, 0.2) is 0 Å². The molecule has 0 aromatic heterocycles. The number of carbonyl (C=O) groups is 3. The molecule has 0 aliphatic carbocycles. The van der Waals surface area contributed by atoms with Crippen LogP contribution in [-0.4, -0.2) is 46.4 Å². The molecule has 0 aromatic rings. The zero-order valence-electron chi connectivity index (χ0n) is 10.0. The van der Waals surface area contributed by atoms with Crippen LogP contribution in [-0.2, 0) is 23.5 Å². The summed E-state index contributed by atoms with van der Waals surface area (Å²) in [6.45, 7) is 2.77. The first kappa shape index (κ1) is 16.5. The smallest absolute Gasteiger partial charge is 0.479 e. The molecule has 1 unspecified atom stereocenters. The lowest BCUT2D eigenvalue weighted by molar-refractivity contribution is -0.161. The molecule has 1 amide bonds. The average molecular weight is 280 g/mol. The van der Waals surface area contributed by atoms with Gasteiger partial charge < -0.3 is 15.5 Å². The molecule has 0 aliphatic heterocycles. The summed E-state index contributed by atoms with van der Waals surface area (Å²) in [7, 11) is -2.15. The Bertz CT molecular complexity index is 354. The first-order valence-corrected chi connectivity index (χ1v) is 6.45. The second-order valence-corrected chi connectivity index (χ2v) is 4.79. The molecular weight excluding hydrogens is 265 g/mol. The van der Waals surface area contributed by atoms with Crippen molar-refractivity contribution >= 4 is 25.9 Å². The average Bonchev–Trinajstić information content (AvgIpc) is 2.23. The Labute approximate surface area is 104 Å². The Morgan fingerprint density at radius 3 is 2.11 bits per heavy atom. The quantitative estimate of drug-likeness (QED) is 0.427. The van der Waals surface area contributed by atoms with E-state index >= 15 is 0 Å². The second-order valence-electron chi connectivity index (χ2n) is 3.42. The van der Waals surface area contributed by atoms with Crippen molar-refractivity contribution in [2.24, 2.45) is 0 Å². The number of nitrogens with one attached hydrogen (secondary N) is 1. The number of hydrogen-bond acceptors (Lipinski definition) is 5. The van der Waals surface area contributed by atoms with Gasteiger partial charge in [-0.1, -0.05) is 0 Å². The molecule has 9 heteroatoms. The van der Waals surface area contributed by atoms with E-state index in [1.165, 1.54) is 0 Å². The van der Waals surface area contributed by atoms with Gasteiger partial charge in [0.05, 0.1) is 6.61 Å². The fourth-order valence-electron chi connectivity index (χ4n) is 1.24. The van der Waals surface area contributed by atoms with E-state index in [1.807, 2.05) is 5.32 Å². The van der Waals surface area contributed by atoms with E-state index in [2.05, 4.69) is 0 Å². The minimum Gasteiger partial charge on any atom is -0.479 e. The molecule has 0 saturated heterocycles. The first-order chi connectivity index (χ1) is 8.26. The molecule has 0 saturated carbocycles. The molecule has 0 bridgehead atoms. The number of carboxylic acid groups (broad SMARTS) is 2. The van der Waals surface area contributed by atoms with E-state index in [0.29, 0.717) is 0 Å². The van der Waals surface area contributed by atoms with Crippen molar-refractivity contribution in [3.05, 3.63) is 0 Å². The van der Waals surface area contributed by atoms with Crippen molar-refractivity contribution in [3.8, 4) is 0 Å². The Kier molecular flexibility index (Phi) is 6.43. The number of carbonyl (C=O) groups excluding carboxylic acids is 1. The topological polar surface area (TPSA) is 130 Å². The fraction of sp³-hybridized carbons (Fsp3) is 0.667. The van der Waals surface area contributed by atoms with E-state index in [0.717, 1.165) is 6.92 Å². The maximum absolute atomic E-state index is 11.2. The van der Waals surface area contributed by atoms with Gasteiger partial charge in [-0.3, -0.25) is 4.79 Å². The van der Waals surface area contributed by atoms with Gasteiger partial charge in [-0.05, 0) is 11.5 Å².